The number of ether oxygens (including phenoxy) is 1. The Labute approximate surface area is 138 Å². The molecule has 1 N–H and O–H groups in total. The third kappa shape index (κ3) is 5.13. The molecule has 2 rings (SSSR count). The molecule has 1 amide bonds. The molecule has 0 unspecified atom stereocenters. The number of rotatable bonds is 7. The first kappa shape index (κ1) is 17.1. The fourth-order valence-corrected chi connectivity index (χ4v) is 2.36. The molecule has 3 heteroatoms. The summed E-state index contributed by atoms with van der Waals surface area (Å²) >= 11 is 0. The Hall–Kier alpha value is -2.29. The normalized spacial score (nSPS) is 11.8. The van der Waals surface area contributed by atoms with E-state index in [2.05, 4.69) is 24.4 Å². The van der Waals surface area contributed by atoms with Crippen molar-refractivity contribution in [3.63, 3.8) is 0 Å². The van der Waals surface area contributed by atoms with Crippen LogP contribution in [0, 0.1) is 13.8 Å². The maximum absolute atomic E-state index is 12.3. The van der Waals surface area contributed by atoms with Gasteiger partial charge < -0.3 is 10.1 Å². The van der Waals surface area contributed by atoms with Crippen LogP contribution in [0.15, 0.2) is 48.5 Å². The number of carbonyl (C=O) groups excluding carboxylic acids is 1. The molecule has 1 atom stereocenters. The zero-order chi connectivity index (χ0) is 16.7. The lowest BCUT2D eigenvalue weighted by Gasteiger charge is -2.18. The van der Waals surface area contributed by atoms with Crippen LogP contribution in [-0.2, 0) is 11.2 Å². The minimum atomic E-state index is -0.451. The van der Waals surface area contributed by atoms with Crippen LogP contribution in [0.5, 0.6) is 5.75 Å². The average Bonchev–Trinajstić information content (AvgIpc) is 2.56. The van der Waals surface area contributed by atoms with Crippen molar-refractivity contribution in [2.45, 2.75) is 39.7 Å². The minimum absolute atomic E-state index is 0.0540. The second-order valence-electron chi connectivity index (χ2n) is 5.79. The Kier molecular flexibility index (Phi) is 6.21. The van der Waals surface area contributed by atoms with Gasteiger partial charge in [-0.15, -0.1) is 0 Å². The number of nitrogens with one attached hydrogen (secondary N) is 1. The second kappa shape index (κ2) is 8.37. The van der Waals surface area contributed by atoms with Crippen molar-refractivity contribution in [3.05, 3.63) is 65.2 Å². The van der Waals surface area contributed by atoms with E-state index in [0.29, 0.717) is 13.0 Å². The molecule has 23 heavy (non-hydrogen) atoms. The topological polar surface area (TPSA) is 38.3 Å². The molecule has 0 heterocycles. The van der Waals surface area contributed by atoms with Gasteiger partial charge in [-0.1, -0.05) is 43.3 Å². The zero-order valence-corrected chi connectivity index (χ0v) is 14.1. The summed E-state index contributed by atoms with van der Waals surface area (Å²) in [5.41, 5.74) is 3.61. The van der Waals surface area contributed by atoms with E-state index in [4.69, 9.17) is 4.74 Å². The molecule has 0 radical (unpaired) electrons. The highest BCUT2D eigenvalue weighted by molar-refractivity contribution is 5.81. The van der Waals surface area contributed by atoms with E-state index in [-0.39, 0.29) is 5.91 Å². The number of benzene rings is 2. The predicted molar refractivity (Wildman–Crippen MR) is 93.8 cm³/mol. The number of hydrogen-bond donors (Lipinski definition) is 1. The highest BCUT2D eigenvalue weighted by atomic mass is 16.5. The summed E-state index contributed by atoms with van der Waals surface area (Å²) in [4.78, 5) is 12.3. The van der Waals surface area contributed by atoms with Crippen LogP contribution in [0.25, 0.3) is 0 Å². The Morgan fingerprint density at radius 2 is 1.83 bits per heavy atom. The van der Waals surface area contributed by atoms with Gasteiger partial charge in [0.05, 0.1) is 0 Å². The molecule has 2 aromatic rings. The summed E-state index contributed by atoms with van der Waals surface area (Å²) in [5, 5.41) is 2.96. The SMILES string of the molecule is CC[C@@H](Oc1ccc(C)c(C)c1)C(=O)NCCc1ccccc1. The van der Waals surface area contributed by atoms with Gasteiger partial charge in [0, 0.05) is 6.54 Å². The number of aryl methyl sites for hydroxylation is 2. The van der Waals surface area contributed by atoms with Crippen molar-refractivity contribution in [3.8, 4) is 5.75 Å². The van der Waals surface area contributed by atoms with Crippen LogP contribution in [0.4, 0.5) is 0 Å². The lowest BCUT2D eigenvalue weighted by Crippen LogP contribution is -2.38. The summed E-state index contributed by atoms with van der Waals surface area (Å²) in [6, 6.07) is 16.1. The number of carbonyl (C=O) groups is 1. The van der Waals surface area contributed by atoms with Gasteiger partial charge in [-0.2, -0.15) is 0 Å². The zero-order valence-electron chi connectivity index (χ0n) is 14.1. The lowest BCUT2D eigenvalue weighted by molar-refractivity contribution is -0.128. The highest BCUT2D eigenvalue weighted by Crippen LogP contribution is 2.18. The van der Waals surface area contributed by atoms with Gasteiger partial charge in [-0.25, -0.2) is 0 Å². The van der Waals surface area contributed by atoms with Crippen LogP contribution in [0.2, 0.25) is 0 Å². The van der Waals surface area contributed by atoms with Crippen LogP contribution in [0.3, 0.4) is 0 Å². The van der Waals surface area contributed by atoms with Crippen LogP contribution in [-0.4, -0.2) is 18.6 Å². The van der Waals surface area contributed by atoms with E-state index in [0.717, 1.165) is 12.2 Å². The van der Waals surface area contributed by atoms with Gasteiger partial charge in [0.2, 0.25) is 0 Å². The van der Waals surface area contributed by atoms with Gasteiger partial charge in [-0.3, -0.25) is 4.79 Å². The van der Waals surface area contributed by atoms with Crippen LogP contribution < -0.4 is 10.1 Å². The smallest absolute Gasteiger partial charge is 0.261 e. The van der Waals surface area contributed by atoms with Crippen LogP contribution >= 0.6 is 0 Å². The van der Waals surface area contributed by atoms with Crippen molar-refractivity contribution in [1.29, 1.82) is 0 Å². The largest absolute Gasteiger partial charge is 0.481 e. The Morgan fingerprint density at radius 3 is 2.48 bits per heavy atom. The van der Waals surface area contributed by atoms with E-state index >= 15 is 0 Å². The van der Waals surface area contributed by atoms with E-state index in [1.54, 1.807) is 0 Å². The molecular formula is C20H25NO2. The molecule has 0 bridgehead atoms. The third-order valence-corrected chi connectivity index (χ3v) is 3.98. The van der Waals surface area contributed by atoms with Crippen molar-refractivity contribution in [2.24, 2.45) is 0 Å². The van der Waals surface area contributed by atoms with Gasteiger partial charge >= 0.3 is 0 Å². The van der Waals surface area contributed by atoms with Gasteiger partial charge in [-0.05, 0) is 55.5 Å². The summed E-state index contributed by atoms with van der Waals surface area (Å²) in [7, 11) is 0. The third-order valence-electron chi connectivity index (χ3n) is 3.98. The summed E-state index contributed by atoms with van der Waals surface area (Å²) in [6.45, 7) is 6.69. The van der Waals surface area contributed by atoms with E-state index in [9.17, 15) is 4.79 Å². The molecule has 0 aromatic heterocycles. The van der Waals surface area contributed by atoms with Gasteiger partial charge in [0.25, 0.3) is 5.91 Å². The Morgan fingerprint density at radius 1 is 1.09 bits per heavy atom. The fraction of sp³-hybridized carbons (Fsp3) is 0.350. The van der Waals surface area contributed by atoms with Crippen molar-refractivity contribution in [2.75, 3.05) is 6.54 Å². The molecule has 0 aliphatic heterocycles. The molecule has 122 valence electrons. The van der Waals surface area contributed by atoms with Crippen LogP contribution in [0.1, 0.15) is 30.0 Å². The maximum atomic E-state index is 12.3. The van der Waals surface area contributed by atoms with Crippen molar-refractivity contribution < 1.29 is 9.53 Å². The summed E-state index contributed by atoms with van der Waals surface area (Å²) in [6.07, 6.45) is 1.02. The lowest BCUT2D eigenvalue weighted by atomic mass is 10.1. The minimum Gasteiger partial charge on any atom is -0.481 e. The highest BCUT2D eigenvalue weighted by Gasteiger charge is 2.18. The molecule has 0 spiro atoms. The first-order chi connectivity index (χ1) is 11.1. The maximum Gasteiger partial charge on any atom is 0.261 e. The molecule has 3 nitrogen and oxygen atoms in total. The van der Waals surface area contributed by atoms with E-state index < -0.39 is 6.10 Å². The fourth-order valence-electron chi connectivity index (χ4n) is 2.36. The molecule has 0 saturated heterocycles. The molecule has 0 aliphatic rings. The van der Waals surface area contributed by atoms with E-state index in [1.165, 1.54) is 16.7 Å². The molecule has 0 fully saturated rings. The van der Waals surface area contributed by atoms with Gasteiger partial charge in [0.15, 0.2) is 6.10 Å². The average molecular weight is 311 g/mol. The van der Waals surface area contributed by atoms with Crippen molar-refractivity contribution >= 4 is 5.91 Å². The molecule has 2 aromatic carbocycles. The number of amides is 1. The second-order valence-corrected chi connectivity index (χ2v) is 5.79. The first-order valence-corrected chi connectivity index (χ1v) is 8.15. The summed E-state index contributed by atoms with van der Waals surface area (Å²) < 4.78 is 5.85. The van der Waals surface area contributed by atoms with Gasteiger partial charge in [0.1, 0.15) is 5.75 Å². The number of hydrogen-bond acceptors (Lipinski definition) is 2. The van der Waals surface area contributed by atoms with E-state index in [1.807, 2.05) is 50.2 Å². The Balaban J connectivity index is 1.86. The van der Waals surface area contributed by atoms with Crippen molar-refractivity contribution in [1.82, 2.24) is 5.32 Å². The Bertz CT molecular complexity index is 637. The molecule has 0 saturated carbocycles. The molecule has 0 aliphatic carbocycles. The first-order valence-electron chi connectivity index (χ1n) is 8.15. The standard InChI is InChI=1S/C20H25NO2/c1-4-19(23-18-11-10-15(2)16(3)14-18)20(22)21-13-12-17-8-6-5-7-9-17/h5-11,14,19H,4,12-13H2,1-3H3,(H,21,22)/t19-/m1/s1. The quantitative estimate of drug-likeness (QED) is 0.844. The monoisotopic (exact) mass is 311 g/mol. The molecular weight excluding hydrogens is 286 g/mol. The predicted octanol–water partition coefficient (Wildman–Crippen LogP) is 3.82. The summed E-state index contributed by atoms with van der Waals surface area (Å²) in [5.74, 6) is 0.694.